The molecule has 0 fully saturated rings. The number of carbonyl (C=O) groups is 1. The summed E-state index contributed by atoms with van der Waals surface area (Å²) in [7, 11) is 0. The Morgan fingerprint density at radius 2 is 1.79 bits per heavy atom. The first kappa shape index (κ1) is 28.1. The highest BCUT2D eigenvalue weighted by Gasteiger charge is 2.20. The smallest absolute Gasteiger partial charge is 0.439 e. The number of hydrogen-bond donors (Lipinski definition) is 1. The molecule has 0 bridgehead atoms. The second kappa shape index (κ2) is 12.8. The van der Waals surface area contributed by atoms with Crippen molar-refractivity contribution in [2.24, 2.45) is 0 Å². The van der Waals surface area contributed by atoms with Gasteiger partial charge in [-0.3, -0.25) is 14.1 Å². The monoisotopic (exact) mass is 573 g/mol. The number of H-pyrrole nitrogens is 1. The van der Waals surface area contributed by atoms with Crippen molar-refractivity contribution in [1.82, 2.24) is 19.7 Å². The van der Waals surface area contributed by atoms with E-state index in [2.05, 4.69) is 24.5 Å². The van der Waals surface area contributed by atoms with E-state index in [4.69, 9.17) is 9.47 Å². The number of fused-ring (bicyclic) bond motifs is 1. The molecule has 0 aliphatic carbocycles. The van der Waals surface area contributed by atoms with Crippen molar-refractivity contribution in [3.05, 3.63) is 98.5 Å². The van der Waals surface area contributed by atoms with E-state index in [9.17, 15) is 19.7 Å². The number of benzene rings is 3. The molecule has 0 aliphatic heterocycles. The molecule has 1 N–H and O–H groups in total. The number of unbranched alkanes of at least 4 members (excludes halogenated alkanes) is 1. The standard InChI is InChI=1S/C29H27N5O8/c1-2-39-28-30-24-11-7-10-23(27(35)40-16-5-6-17-41-34(37)38)25(24)33(28)18-19-12-14-20(15-13-19)21-8-3-4-9-22(21)26-31-29(36)42-32-26/h3-4,7-15H,2,5-6,16-18H2,1H3,(H,31,32,36). The molecule has 0 saturated heterocycles. The van der Waals surface area contributed by atoms with Gasteiger partial charge in [0.2, 0.25) is 0 Å². The van der Waals surface area contributed by atoms with Gasteiger partial charge >= 0.3 is 11.7 Å². The average molecular weight is 574 g/mol. The van der Waals surface area contributed by atoms with Gasteiger partial charge in [0.25, 0.3) is 11.1 Å². The first-order valence-electron chi connectivity index (χ1n) is 13.3. The first-order valence-corrected chi connectivity index (χ1v) is 13.3. The highest BCUT2D eigenvalue weighted by molar-refractivity contribution is 6.02. The highest BCUT2D eigenvalue weighted by atomic mass is 16.9. The predicted octanol–water partition coefficient (Wildman–Crippen LogP) is 4.64. The summed E-state index contributed by atoms with van der Waals surface area (Å²) in [6.07, 6.45) is 0.795. The molecule has 0 unspecified atom stereocenters. The summed E-state index contributed by atoms with van der Waals surface area (Å²) in [6.45, 7) is 2.64. The van der Waals surface area contributed by atoms with Gasteiger partial charge in [0.05, 0.1) is 43.0 Å². The van der Waals surface area contributed by atoms with E-state index >= 15 is 0 Å². The molecule has 13 nitrogen and oxygen atoms in total. The van der Waals surface area contributed by atoms with E-state index in [1.54, 1.807) is 18.2 Å². The molecule has 3 aromatic carbocycles. The van der Waals surface area contributed by atoms with Crippen LogP contribution in [0.4, 0.5) is 0 Å². The topological polar surface area (TPSA) is 165 Å². The lowest BCUT2D eigenvalue weighted by Gasteiger charge is -2.13. The number of aromatic nitrogens is 4. The van der Waals surface area contributed by atoms with E-state index < -0.39 is 16.8 Å². The van der Waals surface area contributed by atoms with Gasteiger partial charge in [0.1, 0.15) is 0 Å². The van der Waals surface area contributed by atoms with Gasteiger partial charge in [-0.1, -0.05) is 59.8 Å². The van der Waals surface area contributed by atoms with E-state index in [0.717, 1.165) is 22.3 Å². The summed E-state index contributed by atoms with van der Waals surface area (Å²) in [6, 6.07) is 21.0. The molecule has 0 saturated carbocycles. The molecule has 5 rings (SSSR count). The molecule has 42 heavy (non-hydrogen) atoms. The Kier molecular flexibility index (Phi) is 8.56. The largest absolute Gasteiger partial charge is 0.465 e. The number of ether oxygens (including phenoxy) is 2. The van der Waals surface area contributed by atoms with Crippen LogP contribution in [0.1, 0.15) is 35.7 Å². The lowest BCUT2D eigenvalue weighted by Crippen LogP contribution is -2.11. The number of nitrogens with zero attached hydrogens (tertiary/aromatic N) is 4. The first-order chi connectivity index (χ1) is 20.4. The number of hydrogen-bond acceptors (Lipinski definition) is 10. The maximum absolute atomic E-state index is 13.0. The SMILES string of the molecule is CCOc1nc2cccc(C(=O)OCCCCO[N+](=O)[O-])c2n1Cc1ccc(-c2ccccc2-c2noc(=O)[nH]2)cc1. The van der Waals surface area contributed by atoms with Crippen LogP contribution in [0, 0.1) is 10.1 Å². The van der Waals surface area contributed by atoms with Gasteiger partial charge in [-0.25, -0.2) is 9.59 Å². The molecule has 5 aromatic rings. The van der Waals surface area contributed by atoms with Crippen LogP contribution < -0.4 is 10.5 Å². The number of aromatic amines is 1. The molecule has 0 spiro atoms. The van der Waals surface area contributed by atoms with E-state index in [1.165, 1.54) is 0 Å². The van der Waals surface area contributed by atoms with Crippen molar-refractivity contribution in [3.8, 4) is 28.5 Å². The third-order valence-corrected chi connectivity index (χ3v) is 6.42. The van der Waals surface area contributed by atoms with Crippen molar-refractivity contribution in [2.75, 3.05) is 19.8 Å². The summed E-state index contributed by atoms with van der Waals surface area (Å²) in [4.78, 5) is 46.3. The summed E-state index contributed by atoms with van der Waals surface area (Å²) < 4.78 is 17.8. The zero-order valence-electron chi connectivity index (χ0n) is 22.6. The van der Waals surface area contributed by atoms with Crippen LogP contribution in [-0.4, -0.2) is 50.6 Å². The Bertz CT molecular complexity index is 1760. The molecule has 0 aliphatic rings. The van der Waals surface area contributed by atoms with Crippen LogP contribution in [-0.2, 0) is 16.1 Å². The van der Waals surface area contributed by atoms with E-state index in [0.29, 0.717) is 54.4 Å². The molecule has 0 radical (unpaired) electrons. The second-order valence-electron chi connectivity index (χ2n) is 9.17. The van der Waals surface area contributed by atoms with Gasteiger partial charge in [0.15, 0.2) is 5.82 Å². The highest BCUT2D eigenvalue weighted by Crippen LogP contribution is 2.31. The summed E-state index contributed by atoms with van der Waals surface area (Å²) >= 11 is 0. The lowest BCUT2D eigenvalue weighted by atomic mass is 9.98. The average Bonchev–Trinajstić information content (AvgIpc) is 3.58. The Labute approximate surface area is 238 Å². The molecule has 2 aromatic heterocycles. The minimum absolute atomic E-state index is 0.0608. The van der Waals surface area contributed by atoms with Crippen LogP contribution in [0.5, 0.6) is 6.01 Å². The van der Waals surface area contributed by atoms with Crippen molar-refractivity contribution in [1.29, 1.82) is 0 Å². The molecule has 2 heterocycles. The van der Waals surface area contributed by atoms with Crippen LogP contribution in [0.25, 0.3) is 33.5 Å². The molecular weight excluding hydrogens is 546 g/mol. The lowest BCUT2D eigenvalue weighted by molar-refractivity contribution is -0.757. The maximum atomic E-state index is 13.0. The maximum Gasteiger partial charge on any atom is 0.439 e. The number of rotatable bonds is 13. The normalized spacial score (nSPS) is 11.0. The zero-order chi connectivity index (χ0) is 29.5. The molecular formula is C29H27N5O8. The number of nitrogens with one attached hydrogen (secondary N) is 1. The third kappa shape index (κ3) is 6.30. The fourth-order valence-corrected chi connectivity index (χ4v) is 4.56. The van der Waals surface area contributed by atoms with E-state index in [-0.39, 0.29) is 13.2 Å². The van der Waals surface area contributed by atoms with Crippen molar-refractivity contribution in [3.63, 3.8) is 0 Å². The fraction of sp³-hybridized carbons (Fsp3) is 0.241. The van der Waals surface area contributed by atoms with Crippen LogP contribution in [0.15, 0.2) is 76.0 Å². The van der Waals surface area contributed by atoms with Crippen molar-refractivity contribution >= 4 is 17.0 Å². The Hall–Kier alpha value is -5.46. The minimum Gasteiger partial charge on any atom is -0.465 e. The minimum atomic E-state index is -0.849. The molecule has 216 valence electrons. The second-order valence-corrected chi connectivity index (χ2v) is 9.17. The van der Waals surface area contributed by atoms with Crippen molar-refractivity contribution < 1.29 is 28.7 Å². The number of para-hydroxylation sites is 1. The summed E-state index contributed by atoms with van der Waals surface area (Å²) in [5.74, 6) is -0.813. The third-order valence-electron chi connectivity index (χ3n) is 6.42. The molecule has 13 heteroatoms. The quantitative estimate of drug-likeness (QED) is 0.0908. The predicted molar refractivity (Wildman–Crippen MR) is 150 cm³/mol. The van der Waals surface area contributed by atoms with Crippen molar-refractivity contribution in [2.45, 2.75) is 26.3 Å². The zero-order valence-corrected chi connectivity index (χ0v) is 22.6. The van der Waals surface area contributed by atoms with Crippen LogP contribution >= 0.6 is 0 Å². The van der Waals surface area contributed by atoms with Gasteiger partial charge in [-0.2, -0.15) is 4.98 Å². The van der Waals surface area contributed by atoms with E-state index in [1.807, 2.05) is 60.0 Å². The number of imidazole rings is 1. The summed E-state index contributed by atoms with van der Waals surface area (Å²) in [5.41, 5.74) is 4.92. The number of esters is 1. The van der Waals surface area contributed by atoms with Gasteiger partial charge in [-0.05, 0) is 48.6 Å². The fourth-order valence-electron chi connectivity index (χ4n) is 4.56. The Morgan fingerprint density at radius 1 is 1.02 bits per heavy atom. The van der Waals surface area contributed by atoms with Gasteiger partial charge in [-0.15, -0.1) is 10.1 Å². The Morgan fingerprint density at radius 3 is 2.50 bits per heavy atom. The van der Waals surface area contributed by atoms with Gasteiger partial charge < -0.3 is 14.3 Å². The molecule has 0 atom stereocenters. The molecule has 0 amide bonds. The van der Waals surface area contributed by atoms with Crippen LogP contribution in [0.2, 0.25) is 0 Å². The van der Waals surface area contributed by atoms with Gasteiger partial charge in [0, 0.05) is 5.56 Å². The number of carbonyl (C=O) groups excluding carboxylic acids is 1. The Balaban J connectivity index is 1.39. The van der Waals surface area contributed by atoms with Crippen LogP contribution in [0.3, 0.4) is 0 Å². The summed E-state index contributed by atoms with van der Waals surface area (Å²) in [5, 5.41) is 13.2.